The highest BCUT2D eigenvalue weighted by Gasteiger charge is 2.11. The van der Waals surface area contributed by atoms with Crippen molar-refractivity contribution in [3.05, 3.63) is 51.1 Å². The maximum Gasteiger partial charge on any atom is 0.125 e. The molecule has 4 heteroatoms. The lowest BCUT2D eigenvalue weighted by Gasteiger charge is -1.99. The Labute approximate surface area is 122 Å². The molecule has 0 radical (unpaired) electrons. The van der Waals surface area contributed by atoms with Gasteiger partial charge in [0.1, 0.15) is 5.01 Å². The molecular formula is C14H10BrNS2. The fraction of sp³-hybridized carbons (Fsp3) is 0.0714. The zero-order chi connectivity index (χ0) is 12.5. The highest BCUT2D eigenvalue weighted by molar-refractivity contribution is 9.10. The molecule has 1 aromatic carbocycles. The molecule has 18 heavy (non-hydrogen) atoms. The second-order valence-corrected chi connectivity index (χ2v) is 6.58. The lowest BCUT2D eigenvalue weighted by Crippen LogP contribution is -1.79. The van der Waals surface area contributed by atoms with Gasteiger partial charge in [-0.2, -0.15) is 0 Å². The third-order valence-electron chi connectivity index (χ3n) is 2.70. The van der Waals surface area contributed by atoms with Crippen molar-refractivity contribution in [1.82, 2.24) is 4.98 Å². The molecule has 0 unspecified atom stereocenters. The van der Waals surface area contributed by atoms with E-state index in [4.69, 9.17) is 4.98 Å². The molecule has 1 nitrogen and oxygen atoms in total. The molecule has 0 aliphatic carbocycles. The minimum absolute atomic E-state index is 1.06. The molecule has 3 aromatic rings. The Morgan fingerprint density at radius 1 is 1.11 bits per heavy atom. The van der Waals surface area contributed by atoms with Crippen molar-refractivity contribution in [1.29, 1.82) is 0 Å². The van der Waals surface area contributed by atoms with Gasteiger partial charge >= 0.3 is 0 Å². The maximum absolute atomic E-state index is 4.74. The highest BCUT2D eigenvalue weighted by Crippen LogP contribution is 2.35. The predicted octanol–water partition coefficient (Wildman–Crippen LogP) is 5.61. The normalized spacial score (nSPS) is 10.8. The summed E-state index contributed by atoms with van der Waals surface area (Å²) in [6.07, 6.45) is 0. The van der Waals surface area contributed by atoms with Crippen LogP contribution in [0, 0.1) is 6.92 Å². The van der Waals surface area contributed by atoms with Crippen LogP contribution in [-0.2, 0) is 0 Å². The lowest BCUT2D eigenvalue weighted by molar-refractivity contribution is 1.39. The van der Waals surface area contributed by atoms with Gasteiger partial charge in [0, 0.05) is 15.4 Å². The number of hydrogen-bond donors (Lipinski definition) is 0. The summed E-state index contributed by atoms with van der Waals surface area (Å²) < 4.78 is 1.09. The number of thiophene rings is 1. The zero-order valence-electron chi connectivity index (χ0n) is 9.68. The van der Waals surface area contributed by atoms with Crippen molar-refractivity contribution in [2.45, 2.75) is 6.92 Å². The molecule has 90 valence electrons. The van der Waals surface area contributed by atoms with E-state index in [0.717, 1.165) is 20.7 Å². The van der Waals surface area contributed by atoms with Gasteiger partial charge < -0.3 is 0 Å². The van der Waals surface area contributed by atoms with Crippen molar-refractivity contribution < 1.29 is 0 Å². The van der Waals surface area contributed by atoms with Crippen LogP contribution in [0.1, 0.15) is 5.56 Å². The zero-order valence-corrected chi connectivity index (χ0v) is 12.9. The molecule has 3 rings (SSSR count). The van der Waals surface area contributed by atoms with E-state index in [-0.39, 0.29) is 0 Å². The summed E-state index contributed by atoms with van der Waals surface area (Å²) in [5, 5.41) is 5.31. The van der Waals surface area contributed by atoms with E-state index < -0.39 is 0 Å². The van der Waals surface area contributed by atoms with Gasteiger partial charge in [-0.25, -0.2) is 4.98 Å². The average Bonchev–Trinajstić information content (AvgIpc) is 2.98. The molecule has 0 amide bonds. The SMILES string of the molecule is Cc1ccsc1-c1csc(-c2ccccc2Br)n1. The van der Waals surface area contributed by atoms with Crippen LogP contribution in [0.4, 0.5) is 0 Å². The predicted molar refractivity (Wildman–Crippen MR) is 83.3 cm³/mol. The summed E-state index contributed by atoms with van der Waals surface area (Å²) in [4.78, 5) is 6.01. The fourth-order valence-electron chi connectivity index (χ4n) is 1.77. The summed E-state index contributed by atoms with van der Waals surface area (Å²) in [5.41, 5.74) is 3.53. The van der Waals surface area contributed by atoms with E-state index >= 15 is 0 Å². The molecule has 0 spiro atoms. The van der Waals surface area contributed by atoms with Gasteiger partial charge in [-0.15, -0.1) is 22.7 Å². The molecule has 0 saturated heterocycles. The fourth-order valence-corrected chi connectivity index (χ4v) is 4.19. The molecule has 2 heterocycles. The molecule has 0 aliphatic rings. The maximum atomic E-state index is 4.74. The monoisotopic (exact) mass is 335 g/mol. The Bertz CT molecular complexity index is 684. The molecule has 0 saturated carbocycles. The quantitative estimate of drug-likeness (QED) is 0.593. The summed E-state index contributed by atoms with van der Waals surface area (Å²) in [7, 11) is 0. The Balaban J connectivity index is 2.05. The molecule has 0 aliphatic heterocycles. The van der Waals surface area contributed by atoms with Gasteiger partial charge in [-0.05, 0) is 30.0 Å². The molecule has 0 bridgehead atoms. The van der Waals surface area contributed by atoms with Crippen molar-refractivity contribution in [3.63, 3.8) is 0 Å². The van der Waals surface area contributed by atoms with Crippen LogP contribution in [0.3, 0.4) is 0 Å². The summed E-state index contributed by atoms with van der Waals surface area (Å²) in [6, 6.07) is 10.3. The minimum Gasteiger partial charge on any atom is -0.235 e. The summed E-state index contributed by atoms with van der Waals surface area (Å²) >= 11 is 7.01. The van der Waals surface area contributed by atoms with Crippen molar-refractivity contribution >= 4 is 38.6 Å². The number of rotatable bonds is 2. The largest absolute Gasteiger partial charge is 0.235 e. The Morgan fingerprint density at radius 3 is 2.67 bits per heavy atom. The second-order valence-electron chi connectivity index (χ2n) is 3.95. The minimum atomic E-state index is 1.06. The van der Waals surface area contributed by atoms with E-state index in [0.29, 0.717) is 0 Å². The number of aryl methyl sites for hydroxylation is 1. The van der Waals surface area contributed by atoms with Crippen LogP contribution in [-0.4, -0.2) is 4.98 Å². The Kier molecular flexibility index (Phi) is 3.33. The van der Waals surface area contributed by atoms with Gasteiger partial charge in [0.05, 0.1) is 10.6 Å². The lowest BCUT2D eigenvalue weighted by atomic mass is 10.2. The Morgan fingerprint density at radius 2 is 1.94 bits per heavy atom. The van der Waals surface area contributed by atoms with Crippen LogP contribution in [0.15, 0.2) is 45.6 Å². The third-order valence-corrected chi connectivity index (χ3v) is 5.31. The molecular weight excluding hydrogens is 326 g/mol. The standard InChI is InChI=1S/C14H10BrNS2/c1-9-6-7-17-13(9)12-8-18-14(16-12)10-4-2-3-5-11(10)15/h2-8H,1H3. The van der Waals surface area contributed by atoms with Crippen LogP contribution >= 0.6 is 38.6 Å². The molecule has 2 aromatic heterocycles. The smallest absolute Gasteiger partial charge is 0.125 e. The van der Waals surface area contributed by atoms with E-state index in [1.807, 2.05) is 18.2 Å². The Hall–Kier alpha value is -0.970. The van der Waals surface area contributed by atoms with Crippen LogP contribution in [0.25, 0.3) is 21.1 Å². The summed E-state index contributed by atoms with van der Waals surface area (Å²) in [5.74, 6) is 0. The number of halogens is 1. The van der Waals surface area contributed by atoms with Gasteiger partial charge in [0.2, 0.25) is 0 Å². The molecule has 0 atom stereocenters. The van der Waals surface area contributed by atoms with Crippen LogP contribution in [0.2, 0.25) is 0 Å². The van der Waals surface area contributed by atoms with Gasteiger partial charge in [-0.3, -0.25) is 0 Å². The van der Waals surface area contributed by atoms with Gasteiger partial charge in [0.25, 0.3) is 0 Å². The number of benzene rings is 1. The molecule has 0 fully saturated rings. The van der Waals surface area contributed by atoms with Gasteiger partial charge in [0.15, 0.2) is 0 Å². The van der Waals surface area contributed by atoms with E-state index in [2.05, 4.69) is 45.7 Å². The van der Waals surface area contributed by atoms with Crippen molar-refractivity contribution in [3.8, 4) is 21.1 Å². The first kappa shape index (κ1) is 12.1. The van der Waals surface area contributed by atoms with Crippen molar-refractivity contribution in [2.24, 2.45) is 0 Å². The first-order valence-electron chi connectivity index (χ1n) is 5.50. The molecule has 0 N–H and O–H groups in total. The van der Waals surface area contributed by atoms with E-state index in [1.165, 1.54) is 10.4 Å². The van der Waals surface area contributed by atoms with Crippen LogP contribution in [0.5, 0.6) is 0 Å². The van der Waals surface area contributed by atoms with Gasteiger partial charge in [-0.1, -0.05) is 34.1 Å². The second kappa shape index (κ2) is 4.96. The highest BCUT2D eigenvalue weighted by atomic mass is 79.9. The number of thiazole rings is 1. The average molecular weight is 336 g/mol. The number of nitrogens with zero attached hydrogens (tertiary/aromatic N) is 1. The summed E-state index contributed by atoms with van der Waals surface area (Å²) in [6.45, 7) is 2.13. The number of hydrogen-bond acceptors (Lipinski definition) is 3. The van der Waals surface area contributed by atoms with Crippen molar-refractivity contribution in [2.75, 3.05) is 0 Å². The third kappa shape index (κ3) is 2.16. The first-order valence-corrected chi connectivity index (χ1v) is 8.06. The van der Waals surface area contributed by atoms with E-state index in [9.17, 15) is 0 Å². The topological polar surface area (TPSA) is 12.9 Å². The van der Waals surface area contributed by atoms with E-state index in [1.54, 1.807) is 22.7 Å². The first-order chi connectivity index (χ1) is 8.75. The van der Waals surface area contributed by atoms with Crippen LogP contribution < -0.4 is 0 Å². The number of aromatic nitrogens is 1.